The minimum Gasteiger partial charge on any atom is -0.517 e. The summed E-state index contributed by atoms with van der Waals surface area (Å²) in [6.07, 6.45) is 0.690. The lowest BCUT2D eigenvalue weighted by Gasteiger charge is -2.43. The zero-order chi connectivity index (χ0) is 22.9. The zero-order valence-corrected chi connectivity index (χ0v) is 24.8. The minimum atomic E-state index is -2.25. The molecule has 0 fully saturated rings. The van der Waals surface area contributed by atoms with Crippen LogP contribution in [-0.4, -0.2) is 63.8 Å². The largest absolute Gasteiger partial charge is 0.517 e. The van der Waals surface area contributed by atoms with E-state index in [-0.39, 0.29) is 37.7 Å². The van der Waals surface area contributed by atoms with Crippen molar-refractivity contribution in [3.8, 4) is 0 Å². The Morgan fingerprint density at radius 1 is 0.931 bits per heavy atom. The highest BCUT2D eigenvalue weighted by molar-refractivity contribution is 6.71. The van der Waals surface area contributed by atoms with E-state index in [1.165, 1.54) is 0 Å². The normalized spacial score (nSPS) is 12.7. The van der Waals surface area contributed by atoms with Gasteiger partial charge in [0.1, 0.15) is 0 Å². The molecule has 0 bridgehead atoms. The fourth-order valence-electron chi connectivity index (χ4n) is 2.20. The molecule has 0 spiro atoms. The highest BCUT2D eigenvalue weighted by Crippen LogP contribution is 2.36. The van der Waals surface area contributed by atoms with E-state index in [9.17, 15) is 4.79 Å². The molecule has 0 saturated heterocycles. The molecule has 0 aromatic rings. The van der Waals surface area contributed by atoms with Crippen LogP contribution in [0.4, 0.5) is 0 Å². The molecule has 0 aliphatic heterocycles. The molecular weight excluding hydrogens is 457 g/mol. The number of hydrogen-bond donors (Lipinski definition) is 0. The maximum absolute atomic E-state index is 13.3. The van der Waals surface area contributed by atoms with Crippen LogP contribution in [0.2, 0.25) is 65.5 Å². The summed E-state index contributed by atoms with van der Waals surface area (Å²) in [7, 11) is -5.72. The first-order valence-electron chi connectivity index (χ1n) is 9.70. The molecular formula is C17H37O7Si5. The first-order chi connectivity index (χ1) is 13.2. The van der Waals surface area contributed by atoms with Crippen molar-refractivity contribution in [2.45, 2.75) is 84.8 Å². The smallest absolute Gasteiger partial charge is 0.349 e. The van der Waals surface area contributed by atoms with E-state index in [2.05, 4.69) is 0 Å². The quantitative estimate of drug-likeness (QED) is 0.118. The van der Waals surface area contributed by atoms with Gasteiger partial charge in [0.2, 0.25) is 14.6 Å². The Bertz CT molecular complexity index is 517. The summed E-state index contributed by atoms with van der Waals surface area (Å²) in [5.41, 5.74) is 0.0331. The Morgan fingerprint density at radius 3 is 1.69 bits per heavy atom. The van der Waals surface area contributed by atoms with Crippen molar-refractivity contribution in [2.24, 2.45) is 0 Å². The van der Waals surface area contributed by atoms with Crippen LogP contribution in [0, 0.1) is 0 Å². The van der Waals surface area contributed by atoms with Crippen LogP contribution in [0.1, 0.15) is 13.3 Å². The van der Waals surface area contributed by atoms with E-state index in [1.54, 1.807) is 0 Å². The molecule has 0 amide bonds. The number of carbonyl (C=O) groups is 1. The van der Waals surface area contributed by atoms with Crippen molar-refractivity contribution in [3.63, 3.8) is 0 Å². The third-order valence-corrected chi connectivity index (χ3v) is 5.98. The first kappa shape index (κ1) is 28.8. The van der Waals surface area contributed by atoms with Gasteiger partial charge in [-0.25, -0.2) is 4.79 Å². The summed E-state index contributed by atoms with van der Waals surface area (Å²) in [6, 6.07) is 0. The topological polar surface area (TPSA) is 72.5 Å². The van der Waals surface area contributed by atoms with Gasteiger partial charge in [0, 0.05) is 0 Å². The average molecular weight is 494 g/mol. The molecule has 0 unspecified atom stereocenters. The third kappa shape index (κ3) is 11.1. The van der Waals surface area contributed by atoms with Gasteiger partial charge in [-0.05, 0) is 71.9 Å². The third-order valence-electron chi connectivity index (χ3n) is 2.76. The van der Waals surface area contributed by atoms with Crippen molar-refractivity contribution in [3.05, 3.63) is 11.5 Å². The van der Waals surface area contributed by atoms with Gasteiger partial charge in [0.05, 0.1) is 6.61 Å². The summed E-state index contributed by atoms with van der Waals surface area (Å²) in [5, 5.41) is 0. The second-order valence-electron chi connectivity index (χ2n) is 8.41. The maximum Gasteiger partial charge on any atom is 0.349 e. The van der Waals surface area contributed by atoms with Gasteiger partial charge in [-0.2, -0.15) is 0 Å². The van der Waals surface area contributed by atoms with Gasteiger partial charge < -0.3 is 26.9 Å². The fourth-order valence-corrected chi connectivity index (χ4v) is 5.90. The van der Waals surface area contributed by atoms with Gasteiger partial charge in [-0.15, -0.1) is 0 Å². The predicted octanol–water partition coefficient (Wildman–Crippen LogP) is 4.14. The number of esters is 1. The summed E-state index contributed by atoms with van der Waals surface area (Å²) in [6.45, 7) is 22.0. The van der Waals surface area contributed by atoms with Crippen molar-refractivity contribution in [2.75, 3.05) is 6.61 Å². The molecule has 29 heavy (non-hydrogen) atoms. The van der Waals surface area contributed by atoms with E-state index in [0.717, 1.165) is 0 Å². The fraction of sp³-hybridized carbons (Fsp3) is 0.824. The number of rotatable bonds is 14. The van der Waals surface area contributed by atoms with E-state index in [1.807, 2.05) is 72.4 Å². The monoisotopic (exact) mass is 493 g/mol. The highest BCUT2D eigenvalue weighted by atomic mass is 28.4. The lowest BCUT2D eigenvalue weighted by molar-refractivity contribution is -0.242. The molecule has 0 N–H and O–H groups in total. The van der Waals surface area contributed by atoms with Crippen LogP contribution in [-0.2, 0) is 31.7 Å². The standard InChI is InChI=1S/C17H37O7Si5/c1-12-13-19-15(18)14(16(20-25-2)21-26-3)17(22-27(4)5,23-28(6,7)8)24-29(9,10)11/h12-13H2,1-11H3. The lowest BCUT2D eigenvalue weighted by Crippen LogP contribution is -2.57. The molecule has 7 nitrogen and oxygen atoms in total. The number of carbonyl (C=O) groups excluding carboxylic acids is 1. The summed E-state index contributed by atoms with van der Waals surface area (Å²) in [4.78, 5) is 13.3. The molecule has 0 heterocycles. The Balaban J connectivity index is 6.91. The van der Waals surface area contributed by atoms with Crippen LogP contribution >= 0.6 is 0 Å². The van der Waals surface area contributed by atoms with Crippen LogP contribution in [0.15, 0.2) is 11.5 Å². The van der Waals surface area contributed by atoms with Gasteiger partial charge in [-0.1, -0.05) is 6.92 Å². The molecule has 0 atom stereocenters. The van der Waals surface area contributed by atoms with Crippen molar-refractivity contribution in [1.29, 1.82) is 0 Å². The predicted molar refractivity (Wildman–Crippen MR) is 124 cm³/mol. The lowest BCUT2D eigenvalue weighted by atomic mass is 10.2. The maximum atomic E-state index is 13.3. The Labute approximate surface area is 185 Å². The van der Waals surface area contributed by atoms with Gasteiger partial charge in [0.25, 0.3) is 11.9 Å². The van der Waals surface area contributed by atoms with E-state index >= 15 is 0 Å². The first-order valence-corrected chi connectivity index (χ1v) is 21.7. The molecule has 0 aromatic carbocycles. The molecule has 5 radical (unpaired) electrons. The van der Waals surface area contributed by atoms with Crippen LogP contribution in [0.5, 0.6) is 0 Å². The summed E-state index contributed by atoms with van der Waals surface area (Å²) in [5.74, 6) is -2.25. The summed E-state index contributed by atoms with van der Waals surface area (Å²) < 4.78 is 36.3. The van der Waals surface area contributed by atoms with Crippen LogP contribution in [0.3, 0.4) is 0 Å². The van der Waals surface area contributed by atoms with Crippen molar-refractivity contribution < 1.29 is 31.7 Å². The average Bonchev–Trinajstić information content (AvgIpc) is 2.49. The van der Waals surface area contributed by atoms with Crippen molar-refractivity contribution >= 4 is 51.2 Å². The van der Waals surface area contributed by atoms with Gasteiger partial charge in [-0.3, -0.25) is 0 Å². The molecule has 0 aromatic heterocycles. The molecule has 167 valence electrons. The van der Waals surface area contributed by atoms with E-state index in [0.29, 0.717) is 6.42 Å². The van der Waals surface area contributed by atoms with Gasteiger partial charge >= 0.3 is 25.5 Å². The molecule has 12 heteroatoms. The molecule has 0 aliphatic carbocycles. The highest BCUT2D eigenvalue weighted by Gasteiger charge is 2.52. The molecule has 0 saturated carbocycles. The summed E-state index contributed by atoms with van der Waals surface area (Å²) >= 11 is 0. The van der Waals surface area contributed by atoms with Gasteiger partial charge in [0.15, 0.2) is 16.6 Å². The molecule has 0 aliphatic rings. The molecule has 0 rings (SSSR count). The van der Waals surface area contributed by atoms with Crippen LogP contribution < -0.4 is 0 Å². The van der Waals surface area contributed by atoms with Crippen LogP contribution in [0.25, 0.3) is 0 Å². The second-order valence-corrected chi connectivity index (χ2v) is 20.5. The second kappa shape index (κ2) is 12.6. The Hall–Kier alpha value is -0.226. The Kier molecular flexibility index (Phi) is 12.5. The zero-order valence-electron chi connectivity index (χ0n) is 19.8. The SMILES string of the molecule is CCCOC(=O)C(=C(O[Si]C)O[Si]C)C(O[Si](C)C)(O[Si](C)(C)C)O[Si](C)(C)C. The van der Waals surface area contributed by atoms with E-state index < -0.39 is 37.6 Å². The Morgan fingerprint density at radius 2 is 1.38 bits per heavy atom. The minimum absolute atomic E-state index is 0.0331. The van der Waals surface area contributed by atoms with E-state index in [4.69, 9.17) is 26.9 Å². The number of hydrogen-bond acceptors (Lipinski definition) is 7. The number of ether oxygens (including phenoxy) is 1. The van der Waals surface area contributed by atoms with Crippen molar-refractivity contribution in [1.82, 2.24) is 0 Å².